The minimum Gasteiger partial charge on any atom is -0.292 e. The summed E-state index contributed by atoms with van der Waals surface area (Å²) in [7, 11) is 0. The molecule has 174 valence electrons. The fraction of sp³-hybridized carbons (Fsp3) is 0.194. The van der Waals surface area contributed by atoms with E-state index in [1.165, 1.54) is 22.3 Å². The van der Waals surface area contributed by atoms with E-state index in [0.717, 1.165) is 42.9 Å². The first kappa shape index (κ1) is 22.0. The summed E-state index contributed by atoms with van der Waals surface area (Å²) < 4.78 is 19.6. The van der Waals surface area contributed by atoms with Crippen LogP contribution in [0.1, 0.15) is 42.0 Å². The molecule has 4 heteroatoms. The molecule has 35 heavy (non-hydrogen) atoms. The maximum Gasteiger partial charge on any atom is 0.147 e. The molecule has 0 unspecified atom stereocenters. The van der Waals surface area contributed by atoms with Crippen molar-refractivity contribution in [3.8, 4) is 17.1 Å². The third-order valence-electron chi connectivity index (χ3n) is 6.92. The average Bonchev–Trinajstić information content (AvgIpc) is 3.38. The first-order chi connectivity index (χ1) is 16.8. The molecule has 0 saturated heterocycles. The number of para-hydroxylation sites is 2. The second kappa shape index (κ2) is 8.03. The first-order valence-corrected chi connectivity index (χ1v) is 12.9. The summed E-state index contributed by atoms with van der Waals surface area (Å²) in [4.78, 5) is 5.11. The predicted molar refractivity (Wildman–Crippen MR) is 148 cm³/mol. The lowest BCUT2D eigenvalue weighted by molar-refractivity contribution is 0.641. The average molecular weight is 479 g/mol. The van der Waals surface area contributed by atoms with Crippen molar-refractivity contribution >= 4 is 42.5 Å². The molecule has 0 saturated carbocycles. The van der Waals surface area contributed by atoms with Gasteiger partial charge in [-0.15, -0.1) is 11.3 Å². The highest BCUT2D eigenvalue weighted by atomic mass is 32.1. The molecule has 2 nitrogen and oxygen atoms in total. The molecule has 0 aliphatic carbocycles. The van der Waals surface area contributed by atoms with Gasteiger partial charge in [-0.25, -0.2) is 9.37 Å². The summed E-state index contributed by atoms with van der Waals surface area (Å²) in [6.45, 7) is 10.8. The van der Waals surface area contributed by atoms with Gasteiger partial charge in [-0.3, -0.25) is 4.57 Å². The lowest BCUT2D eigenvalue weighted by Crippen LogP contribution is -2.03. The minimum atomic E-state index is -0.183. The topological polar surface area (TPSA) is 17.8 Å². The van der Waals surface area contributed by atoms with E-state index in [9.17, 15) is 0 Å². The fourth-order valence-corrected chi connectivity index (χ4v) is 6.62. The van der Waals surface area contributed by atoms with E-state index in [1.807, 2.05) is 12.1 Å². The van der Waals surface area contributed by atoms with E-state index in [1.54, 1.807) is 17.4 Å². The van der Waals surface area contributed by atoms with E-state index in [-0.39, 0.29) is 5.82 Å². The number of fused-ring (bicyclic) bond motifs is 4. The summed E-state index contributed by atoms with van der Waals surface area (Å²) in [5, 5.41) is 1.66. The van der Waals surface area contributed by atoms with Crippen LogP contribution in [-0.4, -0.2) is 9.55 Å². The van der Waals surface area contributed by atoms with Crippen LogP contribution in [0.5, 0.6) is 0 Å². The summed E-state index contributed by atoms with van der Waals surface area (Å²) in [6.07, 6.45) is 0. The van der Waals surface area contributed by atoms with Gasteiger partial charge in [0.25, 0.3) is 0 Å². The summed E-state index contributed by atoms with van der Waals surface area (Å²) in [5.41, 5.74) is 8.99. The normalized spacial score (nSPS) is 12.0. The number of nitrogens with zero attached hydrogens (tertiary/aromatic N) is 2. The maximum atomic E-state index is 15.3. The zero-order chi connectivity index (χ0) is 24.4. The lowest BCUT2D eigenvalue weighted by Gasteiger charge is -2.16. The Kier molecular flexibility index (Phi) is 5.05. The smallest absolute Gasteiger partial charge is 0.147 e. The molecule has 6 rings (SSSR count). The lowest BCUT2D eigenvalue weighted by atomic mass is 10.0. The standard InChI is InChI=1S/C31H27FN2S/c1-17(2)21-10-11-22-27(16-21)35-30-23(12-13-24(32)28(22)30)31-33-25-8-6-7-9-26(25)34(31)29-19(4)14-18(3)15-20(29)5/h6-17H,1-5H3. The van der Waals surface area contributed by atoms with Gasteiger partial charge in [0.2, 0.25) is 0 Å². The van der Waals surface area contributed by atoms with Crippen molar-refractivity contribution in [3.63, 3.8) is 0 Å². The Labute approximate surface area is 208 Å². The number of halogens is 1. The summed E-state index contributed by atoms with van der Waals surface area (Å²) in [6, 6.07) is 22.6. The Morgan fingerprint density at radius 2 is 1.63 bits per heavy atom. The minimum absolute atomic E-state index is 0.183. The molecule has 0 N–H and O–H groups in total. The van der Waals surface area contributed by atoms with Gasteiger partial charge >= 0.3 is 0 Å². The van der Waals surface area contributed by atoms with Crippen LogP contribution in [0.15, 0.2) is 66.7 Å². The molecule has 0 atom stereocenters. The molecule has 0 aliphatic heterocycles. The highest BCUT2D eigenvalue weighted by Crippen LogP contribution is 2.43. The van der Waals surface area contributed by atoms with Crippen LogP contribution < -0.4 is 0 Å². The van der Waals surface area contributed by atoms with Crippen LogP contribution in [0.2, 0.25) is 0 Å². The third-order valence-corrected chi connectivity index (χ3v) is 8.11. The highest BCUT2D eigenvalue weighted by molar-refractivity contribution is 7.26. The van der Waals surface area contributed by atoms with Gasteiger partial charge in [-0.2, -0.15) is 0 Å². The molecular formula is C31H27FN2S. The number of aromatic nitrogens is 2. The number of aryl methyl sites for hydroxylation is 3. The van der Waals surface area contributed by atoms with Crippen LogP contribution in [0.25, 0.3) is 48.3 Å². The highest BCUT2D eigenvalue weighted by Gasteiger charge is 2.22. The molecule has 6 aromatic rings. The molecule has 0 radical (unpaired) electrons. The van der Waals surface area contributed by atoms with Gasteiger partial charge in [0, 0.05) is 25.7 Å². The molecule has 0 bridgehead atoms. The summed E-state index contributed by atoms with van der Waals surface area (Å²) in [5.74, 6) is 1.09. The fourth-order valence-electron chi connectivity index (χ4n) is 5.35. The van der Waals surface area contributed by atoms with Crippen molar-refractivity contribution in [2.75, 3.05) is 0 Å². The molecule has 2 heterocycles. The quantitative estimate of drug-likeness (QED) is 0.248. The Morgan fingerprint density at radius 3 is 2.37 bits per heavy atom. The molecule has 0 aliphatic rings. The molecule has 0 spiro atoms. The van der Waals surface area contributed by atoms with Crippen LogP contribution in [0.3, 0.4) is 0 Å². The van der Waals surface area contributed by atoms with E-state index >= 15 is 4.39 Å². The third kappa shape index (κ3) is 3.39. The van der Waals surface area contributed by atoms with Gasteiger partial charge in [-0.1, -0.05) is 55.8 Å². The van der Waals surface area contributed by atoms with Gasteiger partial charge in [-0.05, 0) is 73.7 Å². The van der Waals surface area contributed by atoms with Crippen LogP contribution in [0.4, 0.5) is 4.39 Å². The van der Waals surface area contributed by atoms with Crippen LogP contribution in [0, 0.1) is 26.6 Å². The van der Waals surface area contributed by atoms with E-state index in [0.29, 0.717) is 11.3 Å². The Balaban J connectivity index is 1.73. The van der Waals surface area contributed by atoms with Crippen molar-refractivity contribution in [1.82, 2.24) is 9.55 Å². The second-order valence-electron chi connectivity index (χ2n) is 9.82. The maximum absolute atomic E-state index is 15.3. The Bertz CT molecular complexity index is 1750. The number of thiophene rings is 1. The van der Waals surface area contributed by atoms with Crippen molar-refractivity contribution in [3.05, 3.63) is 94.8 Å². The molecule has 2 aromatic heterocycles. The van der Waals surface area contributed by atoms with Gasteiger partial charge in [0.05, 0.1) is 16.7 Å². The largest absolute Gasteiger partial charge is 0.292 e. The van der Waals surface area contributed by atoms with Gasteiger partial charge < -0.3 is 0 Å². The molecule has 0 amide bonds. The Morgan fingerprint density at radius 1 is 0.886 bits per heavy atom. The number of hydrogen-bond acceptors (Lipinski definition) is 2. The first-order valence-electron chi connectivity index (χ1n) is 12.0. The Hall–Kier alpha value is -3.50. The van der Waals surface area contributed by atoms with Crippen molar-refractivity contribution in [2.45, 2.75) is 40.5 Å². The predicted octanol–water partition coefficient (Wildman–Crippen LogP) is 9.25. The number of imidazole rings is 1. The zero-order valence-corrected chi connectivity index (χ0v) is 21.4. The monoisotopic (exact) mass is 478 g/mol. The molecular weight excluding hydrogens is 451 g/mol. The van der Waals surface area contributed by atoms with E-state index in [4.69, 9.17) is 4.98 Å². The summed E-state index contributed by atoms with van der Waals surface area (Å²) >= 11 is 1.66. The SMILES string of the molecule is Cc1cc(C)c(-n2c(-c3ccc(F)c4c3sc3cc(C(C)C)ccc34)nc3ccccc32)c(C)c1. The van der Waals surface area contributed by atoms with Gasteiger partial charge in [0.15, 0.2) is 0 Å². The van der Waals surface area contributed by atoms with Crippen LogP contribution >= 0.6 is 11.3 Å². The second-order valence-corrected chi connectivity index (χ2v) is 10.9. The number of benzene rings is 4. The molecule has 0 fully saturated rings. The van der Waals surface area contributed by atoms with Crippen LogP contribution in [-0.2, 0) is 0 Å². The zero-order valence-electron chi connectivity index (χ0n) is 20.6. The van der Waals surface area contributed by atoms with Crippen molar-refractivity contribution < 1.29 is 4.39 Å². The number of hydrogen-bond donors (Lipinski definition) is 0. The van der Waals surface area contributed by atoms with Crippen molar-refractivity contribution in [1.29, 1.82) is 0 Å². The van der Waals surface area contributed by atoms with E-state index in [2.05, 4.69) is 87.7 Å². The van der Waals surface area contributed by atoms with E-state index < -0.39 is 0 Å². The molecule has 4 aromatic carbocycles. The number of rotatable bonds is 3. The van der Waals surface area contributed by atoms with Gasteiger partial charge in [0.1, 0.15) is 11.6 Å². The van der Waals surface area contributed by atoms with Crippen molar-refractivity contribution in [2.24, 2.45) is 0 Å².